The number of hydrogen-bond donors (Lipinski definition) is 0. The molecule has 0 aromatic carbocycles. The van der Waals surface area contributed by atoms with Crippen molar-refractivity contribution in [2.45, 2.75) is 20.1 Å². The van der Waals surface area contributed by atoms with Gasteiger partial charge >= 0.3 is 0 Å². The Hall–Kier alpha value is -1.77. The SMILES string of the molecule is COCc1nc(C(=O)N2CCN(Cc3cc(C)on3)CC2)cs1. The first-order valence-electron chi connectivity index (χ1n) is 7.53. The highest BCUT2D eigenvalue weighted by molar-refractivity contribution is 7.09. The van der Waals surface area contributed by atoms with Crippen LogP contribution in [0.5, 0.6) is 0 Å². The lowest BCUT2D eigenvalue weighted by Crippen LogP contribution is -2.48. The monoisotopic (exact) mass is 336 g/mol. The first-order chi connectivity index (χ1) is 11.2. The standard InChI is InChI=1S/C15H20N4O3S/c1-11-7-12(17-22-11)8-18-3-5-19(6-4-18)15(20)13-10-23-14(16-13)9-21-2/h7,10H,3-6,8-9H2,1-2H3. The summed E-state index contributed by atoms with van der Waals surface area (Å²) >= 11 is 1.46. The largest absolute Gasteiger partial charge is 0.378 e. The smallest absolute Gasteiger partial charge is 0.273 e. The quantitative estimate of drug-likeness (QED) is 0.825. The van der Waals surface area contributed by atoms with Crippen molar-refractivity contribution in [2.24, 2.45) is 0 Å². The van der Waals surface area contributed by atoms with Crippen molar-refractivity contribution in [2.75, 3.05) is 33.3 Å². The normalized spacial score (nSPS) is 16.0. The molecular formula is C15H20N4O3S. The van der Waals surface area contributed by atoms with Gasteiger partial charge in [-0.3, -0.25) is 9.69 Å². The fourth-order valence-corrected chi connectivity index (χ4v) is 3.33. The molecule has 124 valence electrons. The topological polar surface area (TPSA) is 71.7 Å². The summed E-state index contributed by atoms with van der Waals surface area (Å²) in [4.78, 5) is 20.9. The van der Waals surface area contributed by atoms with E-state index in [0.29, 0.717) is 25.4 Å². The van der Waals surface area contributed by atoms with Crippen molar-refractivity contribution >= 4 is 17.2 Å². The first kappa shape index (κ1) is 16.1. The van der Waals surface area contributed by atoms with Gasteiger partial charge in [-0.05, 0) is 6.92 Å². The molecule has 7 nitrogen and oxygen atoms in total. The molecule has 3 heterocycles. The lowest BCUT2D eigenvalue weighted by atomic mass is 10.2. The van der Waals surface area contributed by atoms with Crippen LogP contribution in [-0.4, -0.2) is 59.1 Å². The van der Waals surface area contributed by atoms with Crippen LogP contribution in [0.4, 0.5) is 0 Å². The molecule has 1 amide bonds. The van der Waals surface area contributed by atoms with Crippen LogP contribution in [0.1, 0.15) is 27.0 Å². The molecule has 1 fully saturated rings. The average molecular weight is 336 g/mol. The minimum absolute atomic E-state index is 0.000494. The molecule has 2 aromatic heterocycles. The van der Waals surface area contributed by atoms with Crippen molar-refractivity contribution in [3.05, 3.63) is 33.6 Å². The number of aryl methyl sites for hydroxylation is 1. The van der Waals surface area contributed by atoms with E-state index in [2.05, 4.69) is 15.0 Å². The molecule has 0 saturated carbocycles. The molecule has 3 rings (SSSR count). The van der Waals surface area contributed by atoms with Gasteiger partial charge in [0.15, 0.2) is 0 Å². The number of carbonyl (C=O) groups is 1. The van der Waals surface area contributed by atoms with E-state index in [1.54, 1.807) is 12.5 Å². The van der Waals surface area contributed by atoms with Crippen molar-refractivity contribution in [3.63, 3.8) is 0 Å². The second-order valence-corrected chi connectivity index (χ2v) is 6.50. The molecule has 0 spiro atoms. The van der Waals surface area contributed by atoms with Gasteiger partial charge in [-0.15, -0.1) is 11.3 Å². The fraction of sp³-hybridized carbons (Fsp3) is 0.533. The van der Waals surface area contributed by atoms with E-state index in [1.165, 1.54) is 11.3 Å². The van der Waals surface area contributed by atoms with Crippen LogP contribution >= 0.6 is 11.3 Å². The number of nitrogens with zero attached hydrogens (tertiary/aromatic N) is 4. The van der Waals surface area contributed by atoms with E-state index >= 15 is 0 Å². The summed E-state index contributed by atoms with van der Waals surface area (Å²) in [6.07, 6.45) is 0. The van der Waals surface area contributed by atoms with Crippen molar-refractivity contribution in [3.8, 4) is 0 Å². The van der Waals surface area contributed by atoms with Crippen LogP contribution in [0.15, 0.2) is 16.0 Å². The van der Waals surface area contributed by atoms with Gasteiger partial charge in [0.05, 0.1) is 12.3 Å². The zero-order chi connectivity index (χ0) is 16.2. The van der Waals surface area contributed by atoms with E-state index in [-0.39, 0.29) is 5.91 Å². The van der Waals surface area contributed by atoms with E-state index in [4.69, 9.17) is 9.26 Å². The molecule has 0 unspecified atom stereocenters. The number of piperazine rings is 1. The van der Waals surface area contributed by atoms with E-state index in [9.17, 15) is 4.79 Å². The summed E-state index contributed by atoms with van der Waals surface area (Å²) in [6, 6.07) is 1.95. The van der Waals surface area contributed by atoms with Gasteiger partial charge in [-0.1, -0.05) is 5.16 Å². The second-order valence-electron chi connectivity index (χ2n) is 5.56. The molecule has 0 bridgehead atoms. The molecule has 1 aliphatic heterocycles. The van der Waals surface area contributed by atoms with Crippen molar-refractivity contribution in [1.82, 2.24) is 19.9 Å². The Bertz CT molecular complexity index is 661. The van der Waals surface area contributed by atoms with Gasteiger partial charge in [0.1, 0.15) is 16.5 Å². The molecule has 2 aromatic rings. The Morgan fingerprint density at radius 2 is 2.17 bits per heavy atom. The molecule has 1 aliphatic rings. The Morgan fingerprint density at radius 1 is 1.39 bits per heavy atom. The zero-order valence-electron chi connectivity index (χ0n) is 13.3. The summed E-state index contributed by atoms with van der Waals surface area (Å²) in [5.41, 5.74) is 1.45. The number of thiazole rings is 1. The number of aromatic nitrogens is 2. The molecule has 0 N–H and O–H groups in total. The maximum absolute atomic E-state index is 12.5. The molecular weight excluding hydrogens is 316 g/mol. The van der Waals surface area contributed by atoms with Crippen LogP contribution < -0.4 is 0 Å². The van der Waals surface area contributed by atoms with Crippen LogP contribution in [0, 0.1) is 6.92 Å². The van der Waals surface area contributed by atoms with E-state index in [0.717, 1.165) is 36.1 Å². The zero-order valence-corrected chi connectivity index (χ0v) is 14.1. The molecule has 23 heavy (non-hydrogen) atoms. The Kier molecular flexibility index (Phi) is 5.04. The third-order valence-electron chi connectivity index (χ3n) is 3.76. The van der Waals surface area contributed by atoms with Gasteiger partial charge in [0, 0.05) is 51.3 Å². The summed E-state index contributed by atoms with van der Waals surface area (Å²) in [7, 11) is 1.62. The maximum atomic E-state index is 12.5. The number of carbonyl (C=O) groups excluding carboxylic acids is 1. The van der Waals surface area contributed by atoms with Gasteiger partial charge in [0.2, 0.25) is 0 Å². The number of hydrogen-bond acceptors (Lipinski definition) is 7. The predicted octanol–water partition coefficient (Wildman–Crippen LogP) is 1.54. The minimum Gasteiger partial charge on any atom is -0.378 e. The highest BCUT2D eigenvalue weighted by Gasteiger charge is 2.24. The van der Waals surface area contributed by atoms with Crippen LogP contribution in [-0.2, 0) is 17.9 Å². The minimum atomic E-state index is 0.000494. The van der Waals surface area contributed by atoms with Crippen LogP contribution in [0.25, 0.3) is 0 Å². The van der Waals surface area contributed by atoms with Crippen molar-refractivity contribution < 1.29 is 14.1 Å². The lowest BCUT2D eigenvalue weighted by Gasteiger charge is -2.33. The third kappa shape index (κ3) is 3.95. The average Bonchev–Trinajstić information content (AvgIpc) is 3.17. The van der Waals surface area contributed by atoms with Gasteiger partial charge < -0.3 is 14.2 Å². The summed E-state index contributed by atoms with van der Waals surface area (Å²) < 4.78 is 10.1. The van der Waals surface area contributed by atoms with Gasteiger partial charge in [0.25, 0.3) is 5.91 Å². The van der Waals surface area contributed by atoms with E-state index < -0.39 is 0 Å². The van der Waals surface area contributed by atoms with Crippen molar-refractivity contribution in [1.29, 1.82) is 0 Å². The van der Waals surface area contributed by atoms with Gasteiger partial charge in [-0.25, -0.2) is 4.98 Å². The Labute approximate surface area is 138 Å². The summed E-state index contributed by atoms with van der Waals surface area (Å²) in [6.45, 7) is 6.15. The predicted molar refractivity (Wildman–Crippen MR) is 85.2 cm³/mol. The number of methoxy groups -OCH3 is 1. The first-order valence-corrected chi connectivity index (χ1v) is 8.41. The highest BCUT2D eigenvalue weighted by Crippen LogP contribution is 2.15. The Balaban J connectivity index is 1.52. The number of amides is 1. The van der Waals surface area contributed by atoms with Crippen LogP contribution in [0.2, 0.25) is 0 Å². The third-order valence-corrected chi connectivity index (χ3v) is 4.58. The van der Waals surface area contributed by atoms with E-state index in [1.807, 2.05) is 17.9 Å². The highest BCUT2D eigenvalue weighted by atomic mass is 32.1. The van der Waals surface area contributed by atoms with Gasteiger partial charge in [-0.2, -0.15) is 0 Å². The molecule has 1 saturated heterocycles. The molecule has 8 heteroatoms. The fourth-order valence-electron chi connectivity index (χ4n) is 2.59. The molecule has 0 atom stereocenters. The Morgan fingerprint density at radius 3 is 2.83 bits per heavy atom. The second kappa shape index (κ2) is 7.20. The summed E-state index contributed by atoms with van der Waals surface area (Å²) in [5.74, 6) is 0.824. The number of ether oxygens (including phenoxy) is 1. The number of rotatable bonds is 5. The molecule has 0 radical (unpaired) electrons. The maximum Gasteiger partial charge on any atom is 0.273 e. The molecule has 0 aliphatic carbocycles. The van der Waals surface area contributed by atoms with Crippen LogP contribution in [0.3, 0.4) is 0 Å². The lowest BCUT2D eigenvalue weighted by molar-refractivity contribution is 0.0620. The summed E-state index contributed by atoms with van der Waals surface area (Å²) in [5, 5.41) is 6.65.